The number of aliphatic hydroxyl groups excluding tert-OH is 4. The van der Waals surface area contributed by atoms with E-state index in [0.29, 0.717) is 0 Å². The van der Waals surface area contributed by atoms with E-state index in [-0.39, 0.29) is 6.29 Å². The molecule has 0 fully saturated rings. The first-order valence-corrected chi connectivity index (χ1v) is 3.65. The zero-order chi connectivity index (χ0) is 9.72. The van der Waals surface area contributed by atoms with Gasteiger partial charge < -0.3 is 25.2 Å². The molecule has 0 spiro atoms. The van der Waals surface area contributed by atoms with Crippen molar-refractivity contribution in [3.05, 3.63) is 0 Å². The third-order valence-electron chi connectivity index (χ3n) is 1.82. The molecule has 5 heteroatoms. The fourth-order valence-electron chi connectivity index (χ4n) is 0.785. The summed E-state index contributed by atoms with van der Waals surface area (Å²) in [5.74, 6) is -0.741. The van der Waals surface area contributed by atoms with Gasteiger partial charge in [-0.25, -0.2) is 0 Å². The molecule has 0 aliphatic rings. The van der Waals surface area contributed by atoms with Gasteiger partial charge >= 0.3 is 0 Å². The number of hydrogen-bond donors (Lipinski definition) is 4. The predicted molar refractivity (Wildman–Crippen MR) is 40.3 cm³/mol. The first kappa shape index (κ1) is 11.5. The van der Waals surface area contributed by atoms with E-state index in [1.54, 1.807) is 0 Å². The summed E-state index contributed by atoms with van der Waals surface area (Å²) in [6, 6.07) is 0. The summed E-state index contributed by atoms with van der Waals surface area (Å²) >= 11 is 0. The Labute approximate surface area is 70.3 Å². The topological polar surface area (TPSA) is 98.0 Å². The second kappa shape index (κ2) is 5.21. The lowest BCUT2D eigenvalue weighted by Gasteiger charge is -2.23. The average molecular weight is 178 g/mol. The quantitative estimate of drug-likeness (QED) is 0.361. The molecule has 0 aromatic carbocycles. The summed E-state index contributed by atoms with van der Waals surface area (Å²) in [5.41, 5.74) is 0. The molecular weight excluding hydrogens is 164 g/mol. The van der Waals surface area contributed by atoms with E-state index in [4.69, 9.17) is 20.4 Å². The highest BCUT2D eigenvalue weighted by Crippen LogP contribution is 2.10. The lowest BCUT2D eigenvalue weighted by molar-refractivity contribution is -0.125. The Morgan fingerprint density at radius 2 is 1.83 bits per heavy atom. The number of aliphatic hydroxyl groups is 4. The summed E-state index contributed by atoms with van der Waals surface area (Å²) in [5, 5.41) is 35.4. The zero-order valence-electron chi connectivity index (χ0n) is 6.79. The van der Waals surface area contributed by atoms with E-state index in [9.17, 15) is 4.79 Å². The van der Waals surface area contributed by atoms with Gasteiger partial charge in [0.2, 0.25) is 0 Å². The molecule has 5 nitrogen and oxygen atoms in total. The minimum absolute atomic E-state index is 0.186. The molecule has 4 atom stereocenters. The highest BCUT2D eigenvalue weighted by atomic mass is 16.3. The molecule has 0 aromatic rings. The maximum atomic E-state index is 10.0. The smallest absolute Gasteiger partial charge is 0.151 e. The third kappa shape index (κ3) is 2.86. The van der Waals surface area contributed by atoms with Crippen molar-refractivity contribution >= 4 is 6.29 Å². The standard InChI is InChI=1S/C7H14O5/c1-4(5(10)2-8)7(12)6(11)3-9/h3-8,10-12H,2H2,1H3. The van der Waals surface area contributed by atoms with Crippen LogP contribution in [0.25, 0.3) is 0 Å². The van der Waals surface area contributed by atoms with Gasteiger partial charge in [-0.2, -0.15) is 0 Å². The van der Waals surface area contributed by atoms with Crippen molar-refractivity contribution in [2.45, 2.75) is 25.2 Å². The van der Waals surface area contributed by atoms with Crippen molar-refractivity contribution in [3.63, 3.8) is 0 Å². The number of hydrogen-bond acceptors (Lipinski definition) is 5. The molecule has 0 aromatic heterocycles. The Morgan fingerprint density at radius 1 is 1.33 bits per heavy atom. The fraction of sp³-hybridized carbons (Fsp3) is 0.857. The van der Waals surface area contributed by atoms with Crippen LogP contribution in [0.3, 0.4) is 0 Å². The Hall–Kier alpha value is -0.490. The van der Waals surface area contributed by atoms with Crippen LogP contribution in [0.15, 0.2) is 0 Å². The van der Waals surface area contributed by atoms with E-state index >= 15 is 0 Å². The Morgan fingerprint density at radius 3 is 2.17 bits per heavy atom. The van der Waals surface area contributed by atoms with E-state index in [1.807, 2.05) is 0 Å². The van der Waals surface area contributed by atoms with Crippen LogP contribution < -0.4 is 0 Å². The Kier molecular flexibility index (Phi) is 5.00. The van der Waals surface area contributed by atoms with Gasteiger partial charge in [0.05, 0.1) is 18.8 Å². The van der Waals surface area contributed by atoms with Crippen LogP contribution >= 0.6 is 0 Å². The molecule has 0 radical (unpaired) electrons. The van der Waals surface area contributed by atoms with E-state index < -0.39 is 30.8 Å². The Balaban J connectivity index is 4.07. The molecule has 4 N–H and O–H groups in total. The van der Waals surface area contributed by atoms with Crippen molar-refractivity contribution in [1.29, 1.82) is 0 Å². The second-order valence-electron chi connectivity index (χ2n) is 2.73. The number of carbonyl (C=O) groups is 1. The average Bonchev–Trinajstić information content (AvgIpc) is 2.12. The molecule has 0 saturated carbocycles. The molecule has 12 heavy (non-hydrogen) atoms. The first-order chi connectivity index (χ1) is 5.54. The molecule has 0 saturated heterocycles. The summed E-state index contributed by atoms with van der Waals surface area (Å²) < 4.78 is 0. The van der Waals surface area contributed by atoms with Gasteiger partial charge in [0.1, 0.15) is 6.10 Å². The minimum Gasteiger partial charge on any atom is -0.394 e. The molecule has 4 unspecified atom stereocenters. The van der Waals surface area contributed by atoms with Crippen LogP contribution in [0.1, 0.15) is 6.92 Å². The maximum absolute atomic E-state index is 10.0. The first-order valence-electron chi connectivity index (χ1n) is 3.65. The van der Waals surface area contributed by atoms with Crippen molar-refractivity contribution in [3.8, 4) is 0 Å². The van der Waals surface area contributed by atoms with Crippen LogP contribution in [0, 0.1) is 5.92 Å². The number of rotatable bonds is 5. The summed E-state index contributed by atoms with van der Waals surface area (Å²) in [6.45, 7) is 0.919. The van der Waals surface area contributed by atoms with Crippen LogP contribution in [0.4, 0.5) is 0 Å². The normalized spacial score (nSPS) is 21.1. The zero-order valence-corrected chi connectivity index (χ0v) is 6.79. The lowest BCUT2D eigenvalue weighted by Crippen LogP contribution is -2.40. The third-order valence-corrected chi connectivity index (χ3v) is 1.82. The van der Waals surface area contributed by atoms with Crippen LogP contribution in [-0.4, -0.2) is 51.6 Å². The maximum Gasteiger partial charge on any atom is 0.151 e. The van der Waals surface area contributed by atoms with Crippen molar-refractivity contribution < 1.29 is 25.2 Å². The molecule has 0 heterocycles. The van der Waals surface area contributed by atoms with Gasteiger partial charge in [-0.15, -0.1) is 0 Å². The Bertz CT molecular complexity index is 138. The summed E-state index contributed by atoms with van der Waals surface area (Å²) in [7, 11) is 0. The fourth-order valence-corrected chi connectivity index (χ4v) is 0.785. The SMILES string of the molecule is CC(C(O)CO)C(O)C(O)C=O. The highest BCUT2D eigenvalue weighted by Gasteiger charge is 2.27. The molecule has 0 aliphatic carbocycles. The van der Waals surface area contributed by atoms with Gasteiger partial charge in [0, 0.05) is 5.92 Å². The monoisotopic (exact) mass is 178 g/mol. The van der Waals surface area contributed by atoms with E-state index in [0.717, 1.165) is 0 Å². The second-order valence-corrected chi connectivity index (χ2v) is 2.73. The van der Waals surface area contributed by atoms with Crippen LogP contribution in [0.2, 0.25) is 0 Å². The van der Waals surface area contributed by atoms with Gasteiger partial charge in [-0.1, -0.05) is 6.92 Å². The molecule has 72 valence electrons. The number of carbonyl (C=O) groups excluding carboxylic acids is 1. The minimum atomic E-state index is -1.51. The number of aldehydes is 1. The van der Waals surface area contributed by atoms with E-state index in [1.165, 1.54) is 6.92 Å². The lowest BCUT2D eigenvalue weighted by atomic mass is 9.95. The largest absolute Gasteiger partial charge is 0.394 e. The van der Waals surface area contributed by atoms with Gasteiger partial charge in [-0.05, 0) is 0 Å². The van der Waals surface area contributed by atoms with Crippen molar-refractivity contribution in [2.75, 3.05) is 6.61 Å². The molecular formula is C7H14O5. The van der Waals surface area contributed by atoms with Crippen molar-refractivity contribution in [1.82, 2.24) is 0 Å². The highest BCUT2D eigenvalue weighted by molar-refractivity contribution is 5.56. The molecule has 0 rings (SSSR count). The predicted octanol–water partition coefficient (Wildman–Crippen LogP) is -2.10. The van der Waals surface area contributed by atoms with Gasteiger partial charge in [0.15, 0.2) is 6.29 Å². The van der Waals surface area contributed by atoms with Crippen LogP contribution in [0.5, 0.6) is 0 Å². The molecule has 0 aliphatic heterocycles. The molecule has 0 bridgehead atoms. The summed E-state index contributed by atoms with van der Waals surface area (Å²) in [6.07, 6.45) is -3.80. The van der Waals surface area contributed by atoms with Gasteiger partial charge in [0.25, 0.3) is 0 Å². The van der Waals surface area contributed by atoms with Crippen molar-refractivity contribution in [2.24, 2.45) is 5.92 Å². The van der Waals surface area contributed by atoms with Crippen LogP contribution in [-0.2, 0) is 4.79 Å². The summed E-state index contributed by atoms with van der Waals surface area (Å²) in [4.78, 5) is 10.0. The van der Waals surface area contributed by atoms with Gasteiger partial charge in [-0.3, -0.25) is 0 Å². The molecule has 0 amide bonds. The van der Waals surface area contributed by atoms with E-state index in [2.05, 4.69) is 0 Å².